The summed E-state index contributed by atoms with van der Waals surface area (Å²) >= 11 is 0. The molecule has 0 unspecified atom stereocenters. The van der Waals surface area contributed by atoms with Gasteiger partial charge in [-0.2, -0.15) is 0 Å². The van der Waals surface area contributed by atoms with Gasteiger partial charge in [0.05, 0.1) is 7.11 Å². The minimum Gasteiger partial charge on any atom is -0.504 e. The normalized spacial score (nSPS) is 22.5. The number of aromatic hydroxyl groups is 1. The van der Waals surface area contributed by atoms with Gasteiger partial charge in [0.2, 0.25) is 5.91 Å². The van der Waals surface area contributed by atoms with Gasteiger partial charge in [0.15, 0.2) is 11.5 Å². The highest BCUT2D eigenvalue weighted by Crippen LogP contribution is 2.60. The first-order chi connectivity index (χ1) is 17.1. The highest BCUT2D eigenvalue weighted by molar-refractivity contribution is 5.83. The Morgan fingerprint density at radius 2 is 1.77 bits per heavy atom. The first kappa shape index (κ1) is 23.9. The van der Waals surface area contributed by atoms with Crippen molar-refractivity contribution in [3.05, 3.63) is 65.7 Å². The molecule has 3 fully saturated rings. The third-order valence-corrected chi connectivity index (χ3v) is 8.15. The number of piperidine rings is 1. The molecule has 1 N–H and O–H groups in total. The summed E-state index contributed by atoms with van der Waals surface area (Å²) in [5, 5.41) is 10.0. The summed E-state index contributed by atoms with van der Waals surface area (Å²) < 4.78 is 5.14. The van der Waals surface area contributed by atoms with Crippen molar-refractivity contribution >= 4 is 12.0 Å². The summed E-state index contributed by atoms with van der Waals surface area (Å²) in [6.07, 6.45) is 7.65. The number of ether oxygens (including phenoxy) is 1. The monoisotopic (exact) mass is 475 g/mol. The molecule has 35 heavy (non-hydrogen) atoms. The fourth-order valence-electron chi connectivity index (χ4n) is 5.77. The number of hydrogen-bond acceptors (Lipinski definition) is 5. The molecule has 2 aromatic carbocycles. The smallest absolute Gasteiger partial charge is 0.226 e. The van der Waals surface area contributed by atoms with Gasteiger partial charge < -0.3 is 14.7 Å². The number of piperazine rings is 1. The van der Waals surface area contributed by atoms with Crippen molar-refractivity contribution in [1.82, 2.24) is 14.7 Å². The standard InChI is InChI=1S/C29H37N3O3/c1-35-27-10-9-24(20-26(27)33)22-31-14-11-29(12-15-31)21-25(29)28(34)32-18-16-30(17-19-32)13-5-8-23-6-3-2-4-7-23/h2-10,20,25,33H,11-19,21-22H2,1H3/b8-5+/t25-/m0/s1. The van der Waals surface area contributed by atoms with Crippen molar-refractivity contribution in [3.8, 4) is 11.5 Å². The van der Waals surface area contributed by atoms with Crippen molar-refractivity contribution in [2.75, 3.05) is 52.9 Å². The molecule has 2 aliphatic heterocycles. The topological polar surface area (TPSA) is 56.2 Å². The van der Waals surface area contributed by atoms with Crippen molar-refractivity contribution in [2.24, 2.45) is 11.3 Å². The van der Waals surface area contributed by atoms with Crippen LogP contribution >= 0.6 is 0 Å². The van der Waals surface area contributed by atoms with Crippen LogP contribution in [0, 0.1) is 11.3 Å². The second-order valence-corrected chi connectivity index (χ2v) is 10.3. The lowest BCUT2D eigenvalue weighted by Gasteiger charge is -2.36. The average molecular weight is 476 g/mol. The molecule has 186 valence electrons. The second kappa shape index (κ2) is 10.4. The number of benzene rings is 2. The van der Waals surface area contributed by atoms with E-state index in [0.717, 1.165) is 77.2 Å². The predicted molar refractivity (Wildman–Crippen MR) is 138 cm³/mol. The molecule has 2 aromatic rings. The molecule has 1 spiro atoms. The van der Waals surface area contributed by atoms with Crippen LogP contribution in [0.2, 0.25) is 0 Å². The number of carbonyl (C=O) groups excluding carboxylic acids is 1. The molecule has 0 radical (unpaired) electrons. The van der Waals surface area contributed by atoms with E-state index in [-0.39, 0.29) is 17.1 Å². The summed E-state index contributed by atoms with van der Waals surface area (Å²) in [5.74, 6) is 1.31. The molecule has 1 atom stereocenters. The second-order valence-electron chi connectivity index (χ2n) is 10.3. The lowest BCUT2D eigenvalue weighted by Crippen LogP contribution is -2.49. The van der Waals surface area contributed by atoms with Crippen molar-refractivity contribution in [3.63, 3.8) is 0 Å². The van der Waals surface area contributed by atoms with Gasteiger partial charge in [-0.25, -0.2) is 0 Å². The quantitative estimate of drug-likeness (QED) is 0.659. The number of methoxy groups -OCH3 is 1. The van der Waals surface area contributed by atoms with Gasteiger partial charge in [0.25, 0.3) is 0 Å². The zero-order valence-corrected chi connectivity index (χ0v) is 20.7. The van der Waals surface area contributed by atoms with Crippen LogP contribution in [-0.4, -0.2) is 78.6 Å². The summed E-state index contributed by atoms with van der Waals surface area (Å²) in [6, 6.07) is 16.0. The summed E-state index contributed by atoms with van der Waals surface area (Å²) in [4.78, 5) is 20.2. The Morgan fingerprint density at radius 3 is 2.46 bits per heavy atom. The first-order valence-electron chi connectivity index (χ1n) is 12.9. The number of phenolic OH excluding ortho intramolecular Hbond substituents is 1. The number of likely N-dealkylation sites (tertiary alicyclic amines) is 1. The van der Waals surface area contributed by atoms with Crippen molar-refractivity contribution in [2.45, 2.75) is 25.8 Å². The minimum absolute atomic E-state index is 0.193. The van der Waals surface area contributed by atoms with Gasteiger partial charge in [-0.1, -0.05) is 48.6 Å². The van der Waals surface area contributed by atoms with Gasteiger partial charge in [0, 0.05) is 45.2 Å². The SMILES string of the molecule is COc1ccc(CN2CCC3(CC2)C[C@H]3C(=O)N2CCN(C/C=C/c3ccccc3)CC2)cc1O. The van der Waals surface area contributed by atoms with Crippen LogP contribution in [0.25, 0.3) is 6.08 Å². The van der Waals surface area contributed by atoms with Gasteiger partial charge in [0.1, 0.15) is 0 Å². The number of rotatable bonds is 7. The molecule has 3 aliphatic rings. The Kier molecular flexibility index (Phi) is 7.12. The van der Waals surface area contributed by atoms with E-state index in [2.05, 4.69) is 51.1 Å². The molecular weight excluding hydrogens is 438 g/mol. The lowest BCUT2D eigenvalue weighted by molar-refractivity contribution is -0.135. The predicted octanol–water partition coefficient (Wildman–Crippen LogP) is 3.86. The summed E-state index contributed by atoms with van der Waals surface area (Å²) in [7, 11) is 1.57. The van der Waals surface area contributed by atoms with E-state index in [1.807, 2.05) is 18.2 Å². The van der Waals surface area contributed by atoms with E-state index in [1.54, 1.807) is 13.2 Å². The Hall–Kier alpha value is -2.83. The molecule has 0 bridgehead atoms. The molecule has 1 amide bonds. The summed E-state index contributed by atoms with van der Waals surface area (Å²) in [5.41, 5.74) is 2.55. The van der Waals surface area contributed by atoms with Gasteiger partial charge >= 0.3 is 0 Å². The van der Waals surface area contributed by atoms with Crippen LogP contribution in [0.1, 0.15) is 30.4 Å². The van der Waals surface area contributed by atoms with E-state index >= 15 is 0 Å². The highest BCUT2D eigenvalue weighted by atomic mass is 16.5. The van der Waals surface area contributed by atoms with Crippen LogP contribution in [0.5, 0.6) is 11.5 Å². The molecule has 6 nitrogen and oxygen atoms in total. The Balaban J connectivity index is 1.05. The van der Waals surface area contributed by atoms with Crippen molar-refractivity contribution in [1.29, 1.82) is 0 Å². The fourth-order valence-corrected chi connectivity index (χ4v) is 5.77. The molecular formula is C29H37N3O3. The number of nitrogens with zero attached hydrogens (tertiary/aromatic N) is 3. The first-order valence-corrected chi connectivity index (χ1v) is 12.9. The minimum atomic E-state index is 0.193. The molecule has 2 saturated heterocycles. The Labute approximate surface area is 208 Å². The third-order valence-electron chi connectivity index (χ3n) is 8.15. The highest BCUT2D eigenvalue weighted by Gasteiger charge is 2.59. The zero-order valence-electron chi connectivity index (χ0n) is 20.7. The van der Waals surface area contributed by atoms with E-state index in [9.17, 15) is 9.90 Å². The maximum Gasteiger partial charge on any atom is 0.226 e. The van der Waals surface area contributed by atoms with Gasteiger partial charge in [-0.15, -0.1) is 0 Å². The Bertz CT molecular complexity index is 1040. The van der Waals surface area contributed by atoms with Crippen LogP contribution in [0.15, 0.2) is 54.6 Å². The van der Waals surface area contributed by atoms with E-state index < -0.39 is 0 Å². The molecule has 6 heteroatoms. The third kappa shape index (κ3) is 5.54. The van der Waals surface area contributed by atoms with Crippen LogP contribution < -0.4 is 4.74 Å². The van der Waals surface area contributed by atoms with Crippen LogP contribution in [0.3, 0.4) is 0 Å². The molecule has 0 aromatic heterocycles. The number of hydrogen-bond donors (Lipinski definition) is 1. The molecule has 5 rings (SSSR count). The number of phenols is 1. The van der Waals surface area contributed by atoms with E-state index in [0.29, 0.717) is 11.7 Å². The Morgan fingerprint density at radius 1 is 1.03 bits per heavy atom. The van der Waals surface area contributed by atoms with E-state index in [4.69, 9.17) is 4.74 Å². The van der Waals surface area contributed by atoms with Crippen LogP contribution in [0.4, 0.5) is 0 Å². The maximum atomic E-state index is 13.3. The fraction of sp³-hybridized carbons (Fsp3) is 0.483. The van der Waals surface area contributed by atoms with Gasteiger partial charge in [-0.3, -0.25) is 14.6 Å². The summed E-state index contributed by atoms with van der Waals surface area (Å²) in [6.45, 7) is 7.38. The van der Waals surface area contributed by atoms with Gasteiger partial charge in [-0.05, 0) is 61.0 Å². The molecule has 1 aliphatic carbocycles. The van der Waals surface area contributed by atoms with Crippen LogP contribution in [-0.2, 0) is 11.3 Å². The number of amides is 1. The molecule has 1 saturated carbocycles. The van der Waals surface area contributed by atoms with Crippen molar-refractivity contribution < 1.29 is 14.6 Å². The largest absolute Gasteiger partial charge is 0.504 e. The van der Waals surface area contributed by atoms with E-state index in [1.165, 1.54) is 5.56 Å². The lowest BCUT2D eigenvalue weighted by atomic mass is 9.90. The maximum absolute atomic E-state index is 13.3. The zero-order chi connectivity index (χ0) is 24.3. The average Bonchev–Trinajstić information content (AvgIpc) is 3.59. The number of carbonyl (C=O) groups is 1. The molecule has 2 heterocycles.